The molecule has 0 spiro atoms. The Morgan fingerprint density at radius 1 is 1.12 bits per heavy atom. The average Bonchev–Trinajstić information content (AvgIpc) is 3.22. The molecule has 2 aliphatic rings. The van der Waals surface area contributed by atoms with Gasteiger partial charge < -0.3 is 14.4 Å². The summed E-state index contributed by atoms with van der Waals surface area (Å²) in [5.41, 5.74) is 1.40. The Morgan fingerprint density at radius 2 is 1.81 bits per heavy atom. The lowest BCUT2D eigenvalue weighted by Gasteiger charge is -2.28. The van der Waals surface area contributed by atoms with E-state index in [4.69, 9.17) is 9.47 Å². The first kappa shape index (κ1) is 19.1. The van der Waals surface area contributed by atoms with Crippen LogP contribution >= 0.6 is 0 Å². The van der Waals surface area contributed by atoms with Crippen molar-refractivity contribution in [3.63, 3.8) is 0 Å². The van der Waals surface area contributed by atoms with E-state index in [-0.39, 0.29) is 6.09 Å². The summed E-state index contributed by atoms with van der Waals surface area (Å²) < 4.78 is 10.7. The minimum Gasteiger partial charge on any atom is -0.497 e. The number of methoxy groups -OCH3 is 1. The molecular weight excluding hydrogens is 325 g/mol. The molecule has 0 atom stereocenters. The van der Waals surface area contributed by atoms with Crippen molar-refractivity contribution in [2.24, 2.45) is 5.92 Å². The maximum absolute atomic E-state index is 12.0. The van der Waals surface area contributed by atoms with Crippen molar-refractivity contribution in [1.82, 2.24) is 4.90 Å². The average molecular weight is 357 g/mol. The van der Waals surface area contributed by atoms with Crippen molar-refractivity contribution in [1.29, 1.82) is 0 Å². The lowest BCUT2D eigenvalue weighted by molar-refractivity contribution is 0.0868. The molecule has 142 valence electrons. The summed E-state index contributed by atoms with van der Waals surface area (Å²) >= 11 is 0. The van der Waals surface area contributed by atoms with Crippen LogP contribution in [0.15, 0.2) is 24.3 Å². The predicted octanol–water partition coefficient (Wildman–Crippen LogP) is 4.30. The van der Waals surface area contributed by atoms with Gasteiger partial charge in [0.2, 0.25) is 0 Å². The Balaban J connectivity index is 1.28. The molecule has 0 N–H and O–H groups in total. The minimum atomic E-state index is -0.0934. The normalized spacial score (nSPS) is 22.9. The molecule has 1 aromatic carbocycles. The van der Waals surface area contributed by atoms with Gasteiger partial charge in [-0.25, -0.2) is 4.79 Å². The van der Waals surface area contributed by atoms with Crippen LogP contribution in [0.3, 0.4) is 0 Å². The highest BCUT2D eigenvalue weighted by molar-refractivity contribution is 6.37. The van der Waals surface area contributed by atoms with E-state index in [2.05, 4.69) is 12.1 Å². The molecule has 1 amide bonds. The number of aryl methyl sites for hydroxylation is 1. The monoisotopic (exact) mass is 357 g/mol. The van der Waals surface area contributed by atoms with Gasteiger partial charge in [0, 0.05) is 13.1 Å². The van der Waals surface area contributed by atoms with Gasteiger partial charge >= 0.3 is 6.09 Å². The van der Waals surface area contributed by atoms with E-state index in [0.717, 1.165) is 43.9 Å². The summed E-state index contributed by atoms with van der Waals surface area (Å²) in [4.78, 5) is 13.8. The molecule has 0 bridgehead atoms. The number of amides is 1. The number of likely N-dealkylation sites (tertiary alicyclic amines) is 1. The van der Waals surface area contributed by atoms with E-state index < -0.39 is 0 Å². The summed E-state index contributed by atoms with van der Waals surface area (Å²) in [5.74, 6) is 2.34. The number of hydrogen-bond donors (Lipinski definition) is 0. The molecule has 1 heterocycles. The summed E-state index contributed by atoms with van der Waals surface area (Å²) in [6, 6.07) is 8.43. The summed E-state index contributed by atoms with van der Waals surface area (Å²) in [6.45, 7) is 2.37. The molecule has 4 nitrogen and oxygen atoms in total. The van der Waals surface area contributed by atoms with Gasteiger partial charge in [-0.15, -0.1) is 0 Å². The third kappa shape index (κ3) is 5.68. The first-order chi connectivity index (χ1) is 12.7. The molecule has 3 rings (SSSR count). The highest BCUT2D eigenvalue weighted by Gasteiger charge is 2.24. The summed E-state index contributed by atoms with van der Waals surface area (Å²) in [6.07, 6.45) is 9.55. The van der Waals surface area contributed by atoms with Crippen LogP contribution in [-0.4, -0.2) is 45.1 Å². The van der Waals surface area contributed by atoms with E-state index in [1.807, 2.05) is 17.0 Å². The first-order valence-electron chi connectivity index (χ1n) is 10.3. The van der Waals surface area contributed by atoms with Crippen LogP contribution < -0.4 is 4.74 Å². The quantitative estimate of drug-likeness (QED) is 0.683. The highest BCUT2D eigenvalue weighted by Crippen LogP contribution is 2.33. The fourth-order valence-electron chi connectivity index (χ4n) is 4.25. The number of carbonyl (C=O) groups is 1. The van der Waals surface area contributed by atoms with Gasteiger partial charge in [0.1, 0.15) is 13.0 Å². The molecule has 1 saturated heterocycles. The first-order valence-corrected chi connectivity index (χ1v) is 10.3. The highest BCUT2D eigenvalue weighted by atomic mass is 16.6. The van der Waals surface area contributed by atoms with Crippen LogP contribution in [0.2, 0.25) is 12.1 Å². The number of ether oxygens (including phenoxy) is 2. The zero-order valence-electron chi connectivity index (χ0n) is 16.1. The van der Waals surface area contributed by atoms with Gasteiger partial charge in [-0.1, -0.05) is 37.1 Å². The van der Waals surface area contributed by atoms with E-state index in [9.17, 15) is 4.79 Å². The maximum atomic E-state index is 12.0. The van der Waals surface area contributed by atoms with Gasteiger partial charge in [0.05, 0.1) is 13.7 Å². The molecule has 5 heteroatoms. The SMILES string of the molecule is COc1ccc(CCBC2CCC(COC(=O)N3CCCC3)CC2)cc1. The summed E-state index contributed by atoms with van der Waals surface area (Å²) in [7, 11) is 3.02. The van der Waals surface area contributed by atoms with Crippen molar-refractivity contribution >= 4 is 13.4 Å². The van der Waals surface area contributed by atoms with Crippen molar-refractivity contribution in [3.8, 4) is 5.75 Å². The zero-order chi connectivity index (χ0) is 18.2. The van der Waals surface area contributed by atoms with Crippen molar-refractivity contribution in [3.05, 3.63) is 29.8 Å². The maximum Gasteiger partial charge on any atom is 0.409 e. The van der Waals surface area contributed by atoms with Crippen molar-refractivity contribution in [2.75, 3.05) is 26.8 Å². The molecule has 1 aliphatic heterocycles. The van der Waals surface area contributed by atoms with Crippen LogP contribution in [0.1, 0.15) is 44.1 Å². The Bertz CT molecular complexity index is 549. The second kappa shape index (κ2) is 9.89. The van der Waals surface area contributed by atoms with E-state index >= 15 is 0 Å². The topological polar surface area (TPSA) is 38.8 Å². The number of rotatable bonds is 7. The fourth-order valence-corrected chi connectivity index (χ4v) is 4.25. The molecule has 1 aliphatic carbocycles. The van der Waals surface area contributed by atoms with E-state index in [0.29, 0.717) is 12.5 Å². The van der Waals surface area contributed by atoms with Gasteiger partial charge in [-0.05, 0) is 55.7 Å². The summed E-state index contributed by atoms with van der Waals surface area (Å²) in [5, 5.41) is 0. The third-order valence-corrected chi connectivity index (χ3v) is 6.01. The Kier molecular flexibility index (Phi) is 7.27. The number of carbonyl (C=O) groups excluding carboxylic acids is 1. The molecule has 0 unspecified atom stereocenters. The van der Waals surface area contributed by atoms with Gasteiger partial charge in [-0.2, -0.15) is 0 Å². The molecule has 2 fully saturated rings. The molecule has 1 saturated carbocycles. The van der Waals surface area contributed by atoms with Gasteiger partial charge in [0.25, 0.3) is 0 Å². The smallest absolute Gasteiger partial charge is 0.409 e. The van der Waals surface area contributed by atoms with Crippen LogP contribution in [0.25, 0.3) is 0 Å². The number of hydrogen-bond acceptors (Lipinski definition) is 3. The second-order valence-electron chi connectivity index (χ2n) is 7.90. The molecular formula is C21H32BNO3. The molecule has 1 aromatic rings. The van der Waals surface area contributed by atoms with Crippen LogP contribution in [0, 0.1) is 5.92 Å². The van der Waals surface area contributed by atoms with Crippen LogP contribution in [0.4, 0.5) is 4.79 Å². The van der Waals surface area contributed by atoms with Crippen LogP contribution in [0.5, 0.6) is 5.75 Å². The standard InChI is InChI=1S/C21H32BNO3/c1-25-20-10-6-17(7-11-20)12-13-22-19-8-4-18(5-9-19)16-26-21(24)23-14-2-3-15-23/h6-7,10-11,18-19,22H,2-5,8-9,12-16H2,1H3. The number of benzene rings is 1. The minimum absolute atomic E-state index is 0.0934. The molecule has 0 radical (unpaired) electrons. The van der Waals surface area contributed by atoms with Gasteiger partial charge in [-0.3, -0.25) is 0 Å². The second-order valence-corrected chi connectivity index (χ2v) is 7.90. The van der Waals surface area contributed by atoms with E-state index in [1.165, 1.54) is 44.8 Å². The largest absolute Gasteiger partial charge is 0.497 e. The van der Waals surface area contributed by atoms with E-state index in [1.54, 1.807) is 7.11 Å². The third-order valence-electron chi connectivity index (χ3n) is 6.01. The fraction of sp³-hybridized carbons (Fsp3) is 0.667. The molecule has 0 aromatic heterocycles. The molecule has 26 heavy (non-hydrogen) atoms. The van der Waals surface area contributed by atoms with Gasteiger partial charge in [0.15, 0.2) is 0 Å². The predicted molar refractivity (Wildman–Crippen MR) is 107 cm³/mol. The lowest BCUT2D eigenvalue weighted by atomic mass is 9.55. The lowest BCUT2D eigenvalue weighted by Crippen LogP contribution is -2.30. The zero-order valence-corrected chi connectivity index (χ0v) is 16.1. The Hall–Kier alpha value is -1.65. The number of nitrogens with zero attached hydrogens (tertiary/aromatic N) is 1. The van der Waals surface area contributed by atoms with Crippen LogP contribution in [-0.2, 0) is 11.2 Å². The van der Waals surface area contributed by atoms with Crippen molar-refractivity contribution < 1.29 is 14.3 Å². The Labute approximate surface area is 158 Å². The Morgan fingerprint density at radius 3 is 2.46 bits per heavy atom. The van der Waals surface area contributed by atoms with Crippen molar-refractivity contribution in [2.45, 2.75) is 57.1 Å².